The standard InChI is InChI=1S/C13H20N2O/c1-10-7-13(5-4-6-13)9-15(10)11(16)12(2,3)8-14/h10H,4-7,9H2,1-3H3/t10-/m1/s1. The molecule has 0 N–H and O–H groups in total. The maximum atomic E-state index is 12.2. The molecule has 2 fully saturated rings. The monoisotopic (exact) mass is 220 g/mol. The zero-order chi connectivity index (χ0) is 12.0. The number of carbonyl (C=O) groups is 1. The van der Waals surface area contributed by atoms with Crippen LogP contribution >= 0.6 is 0 Å². The third kappa shape index (κ3) is 1.61. The van der Waals surface area contributed by atoms with Crippen molar-refractivity contribution in [1.82, 2.24) is 4.90 Å². The lowest BCUT2D eigenvalue weighted by molar-refractivity contribution is -0.138. The molecule has 3 nitrogen and oxygen atoms in total. The molecule has 0 bridgehead atoms. The number of amides is 1. The van der Waals surface area contributed by atoms with E-state index in [1.807, 2.05) is 4.90 Å². The minimum absolute atomic E-state index is 0.00581. The zero-order valence-electron chi connectivity index (χ0n) is 10.4. The van der Waals surface area contributed by atoms with E-state index in [2.05, 4.69) is 13.0 Å². The molecule has 2 rings (SSSR count). The van der Waals surface area contributed by atoms with Crippen LogP contribution < -0.4 is 0 Å². The molecule has 3 heteroatoms. The van der Waals surface area contributed by atoms with Crippen molar-refractivity contribution in [3.05, 3.63) is 0 Å². The molecule has 0 aromatic carbocycles. The maximum absolute atomic E-state index is 12.2. The Labute approximate surface area is 97.4 Å². The Morgan fingerprint density at radius 3 is 2.50 bits per heavy atom. The van der Waals surface area contributed by atoms with Gasteiger partial charge in [-0.25, -0.2) is 0 Å². The molecule has 1 amide bonds. The average Bonchev–Trinajstić information content (AvgIpc) is 2.55. The summed E-state index contributed by atoms with van der Waals surface area (Å²) in [5.74, 6) is 0.00581. The Bertz CT molecular complexity index is 349. The number of hydrogen-bond acceptors (Lipinski definition) is 2. The normalized spacial score (nSPS) is 27.6. The van der Waals surface area contributed by atoms with Gasteiger partial charge in [-0.1, -0.05) is 6.42 Å². The molecule has 2 aliphatic rings. The fourth-order valence-corrected chi connectivity index (χ4v) is 3.04. The van der Waals surface area contributed by atoms with Crippen molar-refractivity contribution in [2.75, 3.05) is 6.54 Å². The van der Waals surface area contributed by atoms with Gasteiger partial charge in [-0.15, -0.1) is 0 Å². The number of nitrogens with zero attached hydrogens (tertiary/aromatic N) is 2. The van der Waals surface area contributed by atoms with Crippen LogP contribution in [-0.2, 0) is 4.79 Å². The first kappa shape index (κ1) is 11.4. The average molecular weight is 220 g/mol. The maximum Gasteiger partial charge on any atom is 0.242 e. The predicted molar refractivity (Wildman–Crippen MR) is 61.5 cm³/mol. The Hall–Kier alpha value is -1.04. The molecule has 0 unspecified atom stereocenters. The second-order valence-corrected chi connectivity index (χ2v) is 6.08. The van der Waals surface area contributed by atoms with E-state index >= 15 is 0 Å². The second kappa shape index (κ2) is 3.48. The summed E-state index contributed by atoms with van der Waals surface area (Å²) in [6.07, 6.45) is 4.94. The molecule has 0 radical (unpaired) electrons. The summed E-state index contributed by atoms with van der Waals surface area (Å²) in [6, 6.07) is 2.42. The van der Waals surface area contributed by atoms with E-state index in [-0.39, 0.29) is 5.91 Å². The lowest BCUT2D eigenvalue weighted by Gasteiger charge is -2.38. The highest BCUT2D eigenvalue weighted by atomic mass is 16.2. The van der Waals surface area contributed by atoms with Gasteiger partial charge in [-0.2, -0.15) is 5.26 Å². The predicted octanol–water partition coefficient (Wildman–Crippen LogP) is 2.33. The number of rotatable bonds is 1. The van der Waals surface area contributed by atoms with Crippen LogP contribution in [-0.4, -0.2) is 23.4 Å². The number of hydrogen-bond donors (Lipinski definition) is 0. The largest absolute Gasteiger partial charge is 0.338 e. The third-order valence-corrected chi connectivity index (χ3v) is 4.26. The van der Waals surface area contributed by atoms with Gasteiger partial charge in [-0.3, -0.25) is 4.79 Å². The molecule has 16 heavy (non-hydrogen) atoms. The Morgan fingerprint density at radius 1 is 1.50 bits per heavy atom. The van der Waals surface area contributed by atoms with Crippen LogP contribution in [0.15, 0.2) is 0 Å². The molecule has 1 atom stereocenters. The van der Waals surface area contributed by atoms with Gasteiger partial charge < -0.3 is 4.90 Å². The van der Waals surface area contributed by atoms with E-state index in [1.54, 1.807) is 13.8 Å². The van der Waals surface area contributed by atoms with Gasteiger partial charge in [0, 0.05) is 12.6 Å². The van der Waals surface area contributed by atoms with E-state index in [1.165, 1.54) is 19.3 Å². The van der Waals surface area contributed by atoms with E-state index in [0.717, 1.165) is 13.0 Å². The van der Waals surface area contributed by atoms with Crippen LogP contribution in [0.4, 0.5) is 0 Å². The van der Waals surface area contributed by atoms with Gasteiger partial charge in [-0.05, 0) is 45.4 Å². The highest BCUT2D eigenvalue weighted by molar-refractivity contribution is 5.85. The Balaban J connectivity index is 2.12. The van der Waals surface area contributed by atoms with Crippen LogP contribution in [0.2, 0.25) is 0 Å². The summed E-state index contributed by atoms with van der Waals surface area (Å²) in [7, 11) is 0. The van der Waals surface area contributed by atoms with E-state index < -0.39 is 5.41 Å². The van der Waals surface area contributed by atoms with E-state index in [0.29, 0.717) is 11.5 Å². The first-order chi connectivity index (χ1) is 7.40. The summed E-state index contributed by atoms with van der Waals surface area (Å²) >= 11 is 0. The molecule has 88 valence electrons. The summed E-state index contributed by atoms with van der Waals surface area (Å²) in [5, 5.41) is 9.01. The van der Waals surface area contributed by atoms with Gasteiger partial charge in [0.05, 0.1) is 6.07 Å². The second-order valence-electron chi connectivity index (χ2n) is 6.08. The van der Waals surface area contributed by atoms with Crippen LogP contribution in [0.3, 0.4) is 0 Å². The minimum atomic E-state index is -0.871. The van der Waals surface area contributed by atoms with Crippen LogP contribution in [0.25, 0.3) is 0 Å². The Kier molecular flexibility index (Phi) is 2.49. The van der Waals surface area contributed by atoms with Crippen molar-refractivity contribution in [2.24, 2.45) is 10.8 Å². The fourth-order valence-electron chi connectivity index (χ4n) is 3.04. The molecular formula is C13H20N2O. The van der Waals surface area contributed by atoms with Crippen molar-refractivity contribution in [2.45, 2.75) is 52.5 Å². The third-order valence-electron chi connectivity index (χ3n) is 4.26. The molecule has 1 saturated carbocycles. The van der Waals surface area contributed by atoms with E-state index in [9.17, 15) is 4.79 Å². The number of carbonyl (C=O) groups excluding carboxylic acids is 1. The summed E-state index contributed by atoms with van der Waals surface area (Å²) in [4.78, 5) is 14.2. The SMILES string of the molecule is C[C@@H]1CC2(CCC2)CN1C(=O)C(C)(C)C#N. The van der Waals surface area contributed by atoms with E-state index in [4.69, 9.17) is 5.26 Å². The zero-order valence-corrected chi connectivity index (χ0v) is 10.4. The van der Waals surface area contributed by atoms with Crippen LogP contribution in [0, 0.1) is 22.2 Å². The van der Waals surface area contributed by atoms with Gasteiger partial charge >= 0.3 is 0 Å². The highest BCUT2D eigenvalue weighted by Gasteiger charge is 2.49. The first-order valence-corrected chi connectivity index (χ1v) is 6.13. The molecule has 0 aromatic rings. The lowest BCUT2D eigenvalue weighted by Crippen LogP contribution is -2.43. The molecule has 1 spiro atoms. The minimum Gasteiger partial charge on any atom is -0.338 e. The highest BCUT2D eigenvalue weighted by Crippen LogP contribution is 2.50. The first-order valence-electron chi connectivity index (χ1n) is 6.13. The van der Waals surface area contributed by atoms with Crippen molar-refractivity contribution in [3.8, 4) is 6.07 Å². The van der Waals surface area contributed by atoms with Crippen molar-refractivity contribution in [1.29, 1.82) is 5.26 Å². The molecule has 1 aliphatic carbocycles. The molecular weight excluding hydrogens is 200 g/mol. The quantitative estimate of drug-likeness (QED) is 0.680. The number of likely N-dealkylation sites (tertiary alicyclic amines) is 1. The van der Waals surface area contributed by atoms with Crippen LogP contribution in [0.1, 0.15) is 46.5 Å². The van der Waals surface area contributed by atoms with Crippen molar-refractivity contribution in [3.63, 3.8) is 0 Å². The topological polar surface area (TPSA) is 44.1 Å². The van der Waals surface area contributed by atoms with Gasteiger partial charge in [0.15, 0.2) is 0 Å². The van der Waals surface area contributed by atoms with Gasteiger partial charge in [0.2, 0.25) is 5.91 Å². The van der Waals surface area contributed by atoms with Crippen molar-refractivity contribution >= 4 is 5.91 Å². The smallest absolute Gasteiger partial charge is 0.242 e. The van der Waals surface area contributed by atoms with Gasteiger partial charge in [0.1, 0.15) is 5.41 Å². The van der Waals surface area contributed by atoms with Gasteiger partial charge in [0.25, 0.3) is 0 Å². The molecule has 1 heterocycles. The molecule has 1 aliphatic heterocycles. The summed E-state index contributed by atoms with van der Waals surface area (Å²) in [5.41, 5.74) is -0.468. The summed E-state index contributed by atoms with van der Waals surface area (Å²) in [6.45, 7) is 6.41. The molecule has 0 aromatic heterocycles. The molecule has 1 saturated heterocycles. The van der Waals surface area contributed by atoms with Crippen LogP contribution in [0.5, 0.6) is 0 Å². The fraction of sp³-hybridized carbons (Fsp3) is 0.846. The summed E-state index contributed by atoms with van der Waals surface area (Å²) < 4.78 is 0. The Morgan fingerprint density at radius 2 is 2.12 bits per heavy atom. The number of nitriles is 1. The van der Waals surface area contributed by atoms with Crippen molar-refractivity contribution < 1.29 is 4.79 Å². The lowest BCUT2D eigenvalue weighted by atomic mass is 9.68.